The number of H-pyrrole nitrogens is 1. The predicted molar refractivity (Wildman–Crippen MR) is 104 cm³/mol. The van der Waals surface area contributed by atoms with E-state index < -0.39 is 36.0 Å². The minimum Gasteiger partial charge on any atom is -0.370 e. The molecule has 0 saturated carbocycles. The Labute approximate surface area is 169 Å². The molecule has 0 aliphatic carbocycles. The summed E-state index contributed by atoms with van der Waals surface area (Å²) in [5, 5.41) is 5.23. The quantitative estimate of drug-likeness (QED) is 0.465. The maximum absolute atomic E-state index is 13.3. The average molecular weight is 418 g/mol. The molecule has 1 atom stereocenters. The second kappa shape index (κ2) is 8.70. The van der Waals surface area contributed by atoms with Crippen LogP contribution in [-0.4, -0.2) is 33.7 Å². The number of carbonyl (C=O) groups is 3. The number of aromatic amines is 1. The SMILES string of the molecule is NC(=O)CC(NC(=O)c1ccccc1Cl)C(=O)NCc1nc2ccc(F)cc2[nH]1. The van der Waals surface area contributed by atoms with E-state index in [4.69, 9.17) is 17.3 Å². The zero-order chi connectivity index (χ0) is 21.0. The summed E-state index contributed by atoms with van der Waals surface area (Å²) in [7, 11) is 0. The highest BCUT2D eigenvalue weighted by atomic mass is 35.5. The number of hydrogen-bond donors (Lipinski definition) is 4. The lowest BCUT2D eigenvalue weighted by molar-refractivity contribution is -0.127. The molecule has 29 heavy (non-hydrogen) atoms. The third kappa shape index (κ3) is 5.08. The number of fused-ring (bicyclic) bond motifs is 1. The molecule has 8 nitrogen and oxygen atoms in total. The summed E-state index contributed by atoms with van der Waals surface area (Å²) >= 11 is 5.99. The lowest BCUT2D eigenvalue weighted by Crippen LogP contribution is -2.48. The van der Waals surface area contributed by atoms with Gasteiger partial charge in [0.25, 0.3) is 5.91 Å². The minimum atomic E-state index is -1.20. The van der Waals surface area contributed by atoms with Crippen molar-refractivity contribution in [1.29, 1.82) is 0 Å². The Morgan fingerprint density at radius 1 is 1.21 bits per heavy atom. The number of benzene rings is 2. The molecular formula is C19H17ClFN5O3. The normalized spacial score (nSPS) is 11.8. The van der Waals surface area contributed by atoms with Crippen molar-refractivity contribution in [2.24, 2.45) is 5.73 Å². The van der Waals surface area contributed by atoms with E-state index >= 15 is 0 Å². The van der Waals surface area contributed by atoms with Gasteiger partial charge in [-0.1, -0.05) is 23.7 Å². The Morgan fingerprint density at radius 3 is 2.69 bits per heavy atom. The molecule has 5 N–H and O–H groups in total. The Balaban J connectivity index is 1.68. The van der Waals surface area contributed by atoms with Crippen molar-refractivity contribution in [2.75, 3.05) is 0 Å². The van der Waals surface area contributed by atoms with Gasteiger partial charge in [0.1, 0.15) is 17.7 Å². The molecular weight excluding hydrogens is 401 g/mol. The highest BCUT2D eigenvalue weighted by molar-refractivity contribution is 6.33. The van der Waals surface area contributed by atoms with E-state index in [9.17, 15) is 18.8 Å². The van der Waals surface area contributed by atoms with Gasteiger partial charge >= 0.3 is 0 Å². The molecule has 0 spiro atoms. The fourth-order valence-corrected chi connectivity index (χ4v) is 2.93. The van der Waals surface area contributed by atoms with Gasteiger partial charge < -0.3 is 21.4 Å². The smallest absolute Gasteiger partial charge is 0.253 e. The molecule has 0 saturated heterocycles. The van der Waals surface area contributed by atoms with Crippen molar-refractivity contribution in [3.8, 4) is 0 Å². The molecule has 3 amide bonds. The van der Waals surface area contributed by atoms with Crippen LogP contribution >= 0.6 is 11.6 Å². The number of amides is 3. The van der Waals surface area contributed by atoms with Crippen molar-refractivity contribution in [3.05, 3.63) is 64.7 Å². The van der Waals surface area contributed by atoms with Gasteiger partial charge in [0.05, 0.1) is 34.6 Å². The number of hydrogen-bond acceptors (Lipinski definition) is 4. The topological polar surface area (TPSA) is 130 Å². The van der Waals surface area contributed by atoms with Gasteiger partial charge in [-0.25, -0.2) is 9.37 Å². The van der Waals surface area contributed by atoms with E-state index in [-0.39, 0.29) is 17.1 Å². The first kappa shape index (κ1) is 20.3. The monoisotopic (exact) mass is 417 g/mol. The zero-order valence-electron chi connectivity index (χ0n) is 15.0. The maximum atomic E-state index is 13.3. The predicted octanol–water partition coefficient (Wildman–Crippen LogP) is 1.65. The number of nitrogens with zero attached hydrogens (tertiary/aromatic N) is 1. The van der Waals surface area contributed by atoms with Crippen LogP contribution in [0.1, 0.15) is 22.6 Å². The number of rotatable bonds is 7. The maximum Gasteiger partial charge on any atom is 0.253 e. The van der Waals surface area contributed by atoms with E-state index in [1.807, 2.05) is 0 Å². The molecule has 0 bridgehead atoms. The number of halogens is 2. The van der Waals surface area contributed by atoms with E-state index in [1.165, 1.54) is 30.3 Å². The van der Waals surface area contributed by atoms with Crippen LogP contribution < -0.4 is 16.4 Å². The third-order valence-corrected chi connectivity index (χ3v) is 4.40. The molecule has 0 radical (unpaired) electrons. The number of carbonyl (C=O) groups excluding carboxylic acids is 3. The first-order valence-electron chi connectivity index (χ1n) is 8.59. The van der Waals surface area contributed by atoms with Crippen LogP contribution in [0.4, 0.5) is 4.39 Å². The van der Waals surface area contributed by atoms with Crippen LogP contribution in [0.3, 0.4) is 0 Å². The number of aromatic nitrogens is 2. The summed E-state index contributed by atoms with van der Waals surface area (Å²) in [6.07, 6.45) is -0.395. The first-order valence-corrected chi connectivity index (χ1v) is 8.97. The Hall–Kier alpha value is -3.46. The van der Waals surface area contributed by atoms with Gasteiger partial charge in [-0.2, -0.15) is 0 Å². The number of primary amides is 1. The summed E-state index contributed by atoms with van der Waals surface area (Å²) in [6, 6.07) is 9.17. The van der Waals surface area contributed by atoms with Gasteiger partial charge in [0.2, 0.25) is 11.8 Å². The van der Waals surface area contributed by atoms with Crippen LogP contribution in [0.2, 0.25) is 5.02 Å². The first-order chi connectivity index (χ1) is 13.8. The fourth-order valence-electron chi connectivity index (χ4n) is 2.70. The molecule has 3 rings (SSSR count). The highest BCUT2D eigenvalue weighted by Gasteiger charge is 2.24. The van der Waals surface area contributed by atoms with Gasteiger partial charge in [-0.15, -0.1) is 0 Å². The van der Waals surface area contributed by atoms with Crippen molar-refractivity contribution >= 4 is 40.4 Å². The summed E-state index contributed by atoms with van der Waals surface area (Å²) in [4.78, 5) is 43.4. The molecule has 1 heterocycles. The third-order valence-electron chi connectivity index (χ3n) is 4.07. The number of nitrogens with two attached hydrogens (primary N) is 1. The van der Waals surface area contributed by atoms with Gasteiger partial charge in [-0.05, 0) is 30.3 Å². The van der Waals surface area contributed by atoms with Crippen LogP contribution in [0, 0.1) is 5.82 Å². The van der Waals surface area contributed by atoms with Crippen molar-refractivity contribution in [1.82, 2.24) is 20.6 Å². The molecule has 0 aliphatic heterocycles. The van der Waals surface area contributed by atoms with Crippen LogP contribution in [0.25, 0.3) is 11.0 Å². The molecule has 1 aromatic heterocycles. The van der Waals surface area contributed by atoms with Gasteiger partial charge in [0.15, 0.2) is 0 Å². The van der Waals surface area contributed by atoms with E-state index in [0.717, 1.165) is 0 Å². The van der Waals surface area contributed by atoms with Gasteiger partial charge in [-0.3, -0.25) is 14.4 Å². The lowest BCUT2D eigenvalue weighted by atomic mass is 10.1. The number of imidazole rings is 1. The second-order valence-corrected chi connectivity index (χ2v) is 6.65. The summed E-state index contributed by atoms with van der Waals surface area (Å²) in [5.41, 5.74) is 6.38. The van der Waals surface area contributed by atoms with Crippen LogP contribution in [0.5, 0.6) is 0 Å². The van der Waals surface area contributed by atoms with E-state index in [0.29, 0.717) is 16.9 Å². The molecule has 0 aliphatic rings. The fraction of sp³-hybridized carbons (Fsp3) is 0.158. The van der Waals surface area contributed by atoms with Crippen molar-refractivity contribution < 1.29 is 18.8 Å². The Morgan fingerprint density at radius 2 is 1.97 bits per heavy atom. The molecule has 3 aromatic rings. The van der Waals surface area contributed by atoms with Crippen LogP contribution in [0.15, 0.2) is 42.5 Å². The molecule has 0 fully saturated rings. The van der Waals surface area contributed by atoms with Crippen molar-refractivity contribution in [2.45, 2.75) is 19.0 Å². The van der Waals surface area contributed by atoms with E-state index in [2.05, 4.69) is 20.6 Å². The summed E-state index contributed by atoms with van der Waals surface area (Å²) < 4.78 is 13.3. The molecule has 1 unspecified atom stereocenters. The van der Waals surface area contributed by atoms with Crippen LogP contribution in [-0.2, 0) is 16.1 Å². The summed E-state index contributed by atoms with van der Waals surface area (Å²) in [5.74, 6) is -2.04. The minimum absolute atomic E-state index is 0.0215. The average Bonchev–Trinajstić information content (AvgIpc) is 3.07. The van der Waals surface area contributed by atoms with Crippen molar-refractivity contribution in [3.63, 3.8) is 0 Å². The number of nitrogens with one attached hydrogen (secondary N) is 3. The standard InChI is InChI=1S/C19H17ClFN5O3/c20-12-4-2-1-3-11(12)18(28)26-15(8-16(22)27)19(29)23-9-17-24-13-6-5-10(21)7-14(13)25-17/h1-7,15H,8-9H2,(H2,22,27)(H,23,29)(H,24,25)(H,26,28). The summed E-state index contributed by atoms with van der Waals surface area (Å²) in [6.45, 7) is -0.0215. The second-order valence-electron chi connectivity index (χ2n) is 6.24. The van der Waals surface area contributed by atoms with Gasteiger partial charge in [0, 0.05) is 0 Å². The molecule has 2 aromatic carbocycles. The highest BCUT2D eigenvalue weighted by Crippen LogP contribution is 2.15. The zero-order valence-corrected chi connectivity index (χ0v) is 15.8. The molecule has 10 heteroatoms. The van der Waals surface area contributed by atoms with E-state index in [1.54, 1.807) is 12.1 Å². The Kier molecular flexibility index (Phi) is 6.08. The largest absolute Gasteiger partial charge is 0.370 e. The lowest BCUT2D eigenvalue weighted by Gasteiger charge is -2.17. The Bertz CT molecular complexity index is 1080. The molecule has 150 valence electrons.